The normalized spacial score (nSPS) is 10.2. The Balaban J connectivity index is 2.03. The van der Waals surface area contributed by atoms with Crippen molar-refractivity contribution in [3.8, 4) is 0 Å². The van der Waals surface area contributed by atoms with Crippen LogP contribution in [-0.2, 0) is 4.74 Å². The fourth-order valence-electron chi connectivity index (χ4n) is 1.75. The van der Waals surface area contributed by atoms with E-state index in [2.05, 4.69) is 15.3 Å². The Kier molecular flexibility index (Phi) is 5.22. The van der Waals surface area contributed by atoms with Gasteiger partial charge in [-0.2, -0.15) is 0 Å². The molecule has 0 bridgehead atoms. The second kappa shape index (κ2) is 7.35. The van der Waals surface area contributed by atoms with Gasteiger partial charge in [-0.15, -0.1) is 0 Å². The number of rotatable bonds is 6. The second-order valence-electron chi connectivity index (χ2n) is 4.40. The van der Waals surface area contributed by atoms with Crippen molar-refractivity contribution in [3.05, 3.63) is 48.4 Å². The summed E-state index contributed by atoms with van der Waals surface area (Å²) in [5.41, 5.74) is 1.29. The second-order valence-corrected chi connectivity index (χ2v) is 4.40. The quantitative estimate of drug-likeness (QED) is 0.817. The molecule has 0 spiro atoms. The maximum Gasteiger partial charge on any atom is 0.271 e. The Morgan fingerprint density at radius 2 is 2.00 bits per heavy atom. The van der Waals surface area contributed by atoms with Gasteiger partial charge >= 0.3 is 0 Å². The summed E-state index contributed by atoms with van der Waals surface area (Å²) in [4.78, 5) is 22.1. The summed E-state index contributed by atoms with van der Waals surface area (Å²) in [6, 6.07) is 9.82. The number of carbonyl (C=O) groups is 1. The molecule has 0 saturated carbocycles. The molecule has 6 nitrogen and oxygen atoms in total. The fourth-order valence-corrected chi connectivity index (χ4v) is 1.75. The average Bonchev–Trinajstić information content (AvgIpc) is 2.55. The first-order valence-electron chi connectivity index (χ1n) is 6.60. The molecular weight excluding hydrogens is 268 g/mol. The zero-order valence-electron chi connectivity index (χ0n) is 12.1. The highest BCUT2D eigenvalue weighted by atomic mass is 16.5. The van der Waals surface area contributed by atoms with Crippen LogP contribution in [0.5, 0.6) is 0 Å². The summed E-state index contributed by atoms with van der Waals surface area (Å²) >= 11 is 0. The maximum atomic E-state index is 11.8. The Hall–Kier alpha value is -2.47. The molecule has 0 aliphatic rings. The summed E-state index contributed by atoms with van der Waals surface area (Å²) < 4.78 is 4.87. The molecule has 110 valence electrons. The molecule has 0 radical (unpaired) electrons. The predicted octanol–water partition coefficient (Wildman–Crippen LogP) is 1.62. The summed E-state index contributed by atoms with van der Waals surface area (Å²) in [5, 5.41) is 2.70. The molecule has 2 aromatic rings. The molecule has 1 aromatic carbocycles. The molecule has 0 unspecified atom stereocenters. The monoisotopic (exact) mass is 286 g/mol. The Bertz CT molecular complexity index is 572. The number of para-hydroxylation sites is 1. The lowest BCUT2D eigenvalue weighted by Crippen LogP contribution is -2.28. The largest absolute Gasteiger partial charge is 0.383 e. The van der Waals surface area contributed by atoms with Crippen LogP contribution in [0.25, 0.3) is 0 Å². The van der Waals surface area contributed by atoms with Crippen molar-refractivity contribution < 1.29 is 9.53 Å². The molecule has 0 aliphatic carbocycles. The van der Waals surface area contributed by atoms with Crippen molar-refractivity contribution in [1.82, 2.24) is 15.3 Å². The third kappa shape index (κ3) is 4.00. The number of ether oxygens (including phenoxy) is 1. The van der Waals surface area contributed by atoms with E-state index < -0.39 is 0 Å². The topological polar surface area (TPSA) is 67.3 Å². The molecule has 0 fully saturated rings. The van der Waals surface area contributed by atoms with Crippen LogP contribution >= 0.6 is 0 Å². The molecule has 1 heterocycles. The van der Waals surface area contributed by atoms with Crippen LogP contribution in [0, 0.1) is 0 Å². The maximum absolute atomic E-state index is 11.8. The van der Waals surface area contributed by atoms with E-state index in [1.807, 2.05) is 42.3 Å². The number of hydrogen-bond acceptors (Lipinski definition) is 5. The molecule has 21 heavy (non-hydrogen) atoms. The fraction of sp³-hybridized carbons (Fsp3) is 0.267. The number of hydrogen-bond donors (Lipinski definition) is 1. The Morgan fingerprint density at radius 3 is 2.62 bits per heavy atom. The summed E-state index contributed by atoms with van der Waals surface area (Å²) in [7, 11) is 3.48. The summed E-state index contributed by atoms with van der Waals surface area (Å²) in [6.07, 6.45) is 3.05. The van der Waals surface area contributed by atoms with E-state index in [0.717, 1.165) is 5.69 Å². The average molecular weight is 286 g/mol. The number of nitrogens with one attached hydrogen (secondary N) is 1. The number of amides is 1. The van der Waals surface area contributed by atoms with Gasteiger partial charge in [0.25, 0.3) is 5.91 Å². The molecule has 0 saturated heterocycles. The van der Waals surface area contributed by atoms with Gasteiger partial charge in [0.05, 0.1) is 19.0 Å². The highest BCUT2D eigenvalue weighted by Gasteiger charge is 2.09. The lowest BCUT2D eigenvalue weighted by Gasteiger charge is -2.17. The first kappa shape index (κ1) is 14.9. The van der Waals surface area contributed by atoms with Gasteiger partial charge in [0.2, 0.25) is 0 Å². The highest BCUT2D eigenvalue weighted by molar-refractivity contribution is 5.92. The van der Waals surface area contributed by atoms with Gasteiger partial charge in [-0.1, -0.05) is 18.2 Å². The standard InChI is InChI=1S/C15H18N4O2/c1-19(12-6-4-3-5-7-12)14-11-17-13(10-18-14)15(20)16-8-9-21-2/h3-7,10-11H,8-9H2,1-2H3,(H,16,20). The van der Waals surface area contributed by atoms with Crippen molar-refractivity contribution in [2.75, 3.05) is 32.2 Å². The van der Waals surface area contributed by atoms with Gasteiger partial charge in [0.15, 0.2) is 5.82 Å². The molecule has 0 aliphatic heterocycles. The number of carbonyl (C=O) groups excluding carboxylic acids is 1. The smallest absolute Gasteiger partial charge is 0.271 e. The van der Waals surface area contributed by atoms with Gasteiger partial charge in [-0.25, -0.2) is 9.97 Å². The third-order valence-corrected chi connectivity index (χ3v) is 2.95. The molecule has 0 atom stereocenters. The van der Waals surface area contributed by atoms with E-state index in [4.69, 9.17) is 4.74 Å². The first-order valence-corrected chi connectivity index (χ1v) is 6.60. The zero-order chi connectivity index (χ0) is 15.1. The van der Waals surface area contributed by atoms with Crippen LogP contribution in [0.15, 0.2) is 42.7 Å². The van der Waals surface area contributed by atoms with Crippen molar-refractivity contribution in [3.63, 3.8) is 0 Å². The molecule has 1 N–H and O–H groups in total. The molecule has 2 rings (SSSR count). The number of benzene rings is 1. The van der Waals surface area contributed by atoms with Gasteiger partial charge < -0.3 is 15.0 Å². The summed E-state index contributed by atoms with van der Waals surface area (Å²) in [6.45, 7) is 0.913. The molecule has 1 amide bonds. The van der Waals surface area contributed by atoms with Gasteiger partial charge in [0.1, 0.15) is 5.69 Å². The molecule has 1 aromatic heterocycles. The SMILES string of the molecule is COCCNC(=O)c1cnc(N(C)c2ccccc2)cn1. The molecular formula is C15H18N4O2. The lowest BCUT2D eigenvalue weighted by molar-refractivity contribution is 0.0932. The van der Waals surface area contributed by atoms with Crippen LogP contribution in [-0.4, -0.2) is 43.2 Å². The minimum absolute atomic E-state index is 0.256. The van der Waals surface area contributed by atoms with E-state index in [1.54, 1.807) is 13.3 Å². The lowest BCUT2D eigenvalue weighted by atomic mass is 10.3. The number of anilines is 2. The van der Waals surface area contributed by atoms with Crippen LogP contribution in [0.4, 0.5) is 11.5 Å². The predicted molar refractivity (Wildman–Crippen MR) is 80.7 cm³/mol. The third-order valence-electron chi connectivity index (χ3n) is 2.95. The Labute approximate surface area is 123 Å². The van der Waals surface area contributed by atoms with Crippen LogP contribution in [0.3, 0.4) is 0 Å². The van der Waals surface area contributed by atoms with E-state index in [1.165, 1.54) is 6.20 Å². The summed E-state index contributed by atoms with van der Waals surface area (Å²) in [5.74, 6) is 0.420. The number of nitrogens with zero attached hydrogens (tertiary/aromatic N) is 3. The highest BCUT2D eigenvalue weighted by Crippen LogP contribution is 2.19. The van der Waals surface area contributed by atoms with Crippen LogP contribution in [0.1, 0.15) is 10.5 Å². The number of methoxy groups -OCH3 is 1. The van der Waals surface area contributed by atoms with E-state index in [9.17, 15) is 4.79 Å². The minimum atomic E-state index is -0.256. The number of aromatic nitrogens is 2. The molecule has 6 heteroatoms. The van der Waals surface area contributed by atoms with Gasteiger partial charge in [0, 0.05) is 26.4 Å². The van der Waals surface area contributed by atoms with E-state index in [-0.39, 0.29) is 11.6 Å². The van der Waals surface area contributed by atoms with Gasteiger partial charge in [-0.05, 0) is 12.1 Å². The zero-order valence-corrected chi connectivity index (χ0v) is 12.1. The van der Waals surface area contributed by atoms with Crippen molar-refractivity contribution >= 4 is 17.4 Å². The van der Waals surface area contributed by atoms with Crippen LogP contribution < -0.4 is 10.2 Å². The van der Waals surface area contributed by atoms with Crippen molar-refractivity contribution in [2.24, 2.45) is 0 Å². The van der Waals surface area contributed by atoms with Crippen molar-refractivity contribution in [1.29, 1.82) is 0 Å². The van der Waals surface area contributed by atoms with E-state index in [0.29, 0.717) is 19.0 Å². The minimum Gasteiger partial charge on any atom is -0.383 e. The van der Waals surface area contributed by atoms with E-state index >= 15 is 0 Å². The van der Waals surface area contributed by atoms with Crippen LogP contribution in [0.2, 0.25) is 0 Å². The Morgan fingerprint density at radius 1 is 1.24 bits per heavy atom. The van der Waals surface area contributed by atoms with Gasteiger partial charge in [-0.3, -0.25) is 4.79 Å². The van der Waals surface area contributed by atoms with Crippen molar-refractivity contribution in [2.45, 2.75) is 0 Å². The first-order chi connectivity index (χ1) is 10.2.